The predicted molar refractivity (Wildman–Crippen MR) is 168 cm³/mol. The third-order valence-electron chi connectivity index (χ3n) is 17.4. The molecule has 0 aromatic rings. The molecule has 0 amide bonds. The molecule has 0 bridgehead atoms. The number of hydrogen-bond donors (Lipinski definition) is 3. The third-order valence-corrected chi connectivity index (χ3v) is 17.4. The number of ether oxygens (including phenoxy) is 1. The number of unbranched alkanes of at least 4 members (excludes halogenated alkanes) is 3. The van der Waals surface area contributed by atoms with Crippen LogP contribution in [0.15, 0.2) is 0 Å². The minimum Gasteiger partial charge on any atom is -0.358 e. The normalized spacial score (nSPS) is 56.3. The van der Waals surface area contributed by atoms with Crippen molar-refractivity contribution in [2.45, 2.75) is 169 Å². The quantitative estimate of drug-likeness (QED) is 0.351. The zero-order valence-electron chi connectivity index (χ0n) is 28.7. The van der Waals surface area contributed by atoms with E-state index in [0.29, 0.717) is 33.0 Å². The summed E-state index contributed by atoms with van der Waals surface area (Å²) in [4.78, 5) is 0. The molecule has 4 saturated carbocycles. The van der Waals surface area contributed by atoms with E-state index in [1.807, 2.05) is 0 Å². The fourth-order valence-corrected chi connectivity index (χ4v) is 14.3. The van der Waals surface area contributed by atoms with E-state index in [9.17, 15) is 0 Å². The molecule has 2 heterocycles. The first-order chi connectivity index (χ1) is 19.2. The van der Waals surface area contributed by atoms with Gasteiger partial charge in [-0.15, -0.1) is 0 Å². The first kappa shape index (κ1) is 30.8. The van der Waals surface area contributed by atoms with E-state index in [4.69, 9.17) is 4.74 Å². The largest absolute Gasteiger partial charge is 0.358 e. The van der Waals surface area contributed by atoms with Crippen LogP contribution >= 0.6 is 0 Å². The third kappa shape index (κ3) is 3.78. The van der Waals surface area contributed by atoms with Gasteiger partial charge in [0.1, 0.15) is 0 Å². The number of fused-ring (bicyclic) bond motifs is 7. The van der Waals surface area contributed by atoms with Gasteiger partial charge < -0.3 is 21.1 Å². The SMILES string of the molecule is C[C@H]1[C@@]2(C)[C@@]3(C)CC[C@]4(C)C(CC[C@@]5(C)CC([NH2+]CCCCCC[NH3+])CC[C@@]54C)[C@@]3(C)C[C@@]2(C)O[C@@]12CCCC[NH2+]2. The smallest absolute Gasteiger partial charge is 0.203 e. The lowest BCUT2D eigenvalue weighted by Gasteiger charge is -2.73. The Kier molecular flexibility index (Phi) is 7.46. The molecule has 6 aliphatic rings. The Labute approximate surface area is 253 Å². The van der Waals surface area contributed by atoms with E-state index in [0.717, 1.165) is 18.5 Å². The van der Waals surface area contributed by atoms with Crippen molar-refractivity contribution in [3.8, 4) is 0 Å². The molecule has 0 radical (unpaired) electrons. The van der Waals surface area contributed by atoms with Crippen molar-refractivity contribution in [3.63, 3.8) is 0 Å². The fourth-order valence-electron chi connectivity index (χ4n) is 14.3. The Morgan fingerprint density at radius 1 is 0.805 bits per heavy atom. The topological polar surface area (TPSA) is 70.1 Å². The van der Waals surface area contributed by atoms with Gasteiger partial charge in [-0.1, -0.05) is 48.5 Å². The first-order valence-electron chi connectivity index (χ1n) is 18.4. The van der Waals surface area contributed by atoms with Crippen LogP contribution in [0.2, 0.25) is 0 Å². The molecule has 6 fully saturated rings. The molecule has 2 aliphatic heterocycles. The van der Waals surface area contributed by atoms with E-state index in [2.05, 4.69) is 71.8 Å². The monoisotopic (exact) mass is 573 g/mol. The van der Waals surface area contributed by atoms with Crippen molar-refractivity contribution in [2.24, 2.45) is 44.3 Å². The molecule has 11 atom stereocenters. The first-order valence-corrected chi connectivity index (χ1v) is 18.4. The summed E-state index contributed by atoms with van der Waals surface area (Å²) in [6.45, 7) is 25.4. The molecule has 4 nitrogen and oxygen atoms in total. The Morgan fingerprint density at radius 3 is 2.27 bits per heavy atom. The minimum absolute atomic E-state index is 0.0169. The number of quaternary nitrogens is 3. The van der Waals surface area contributed by atoms with Crippen LogP contribution in [0, 0.1) is 44.3 Å². The highest BCUT2D eigenvalue weighted by atomic mass is 16.5. The second-order valence-electron chi connectivity index (χ2n) is 18.3. The number of piperidine rings is 1. The summed E-state index contributed by atoms with van der Waals surface area (Å²) in [7, 11) is 0. The molecule has 2 unspecified atom stereocenters. The zero-order valence-corrected chi connectivity index (χ0v) is 28.7. The highest BCUT2D eigenvalue weighted by Gasteiger charge is 2.84. The minimum atomic E-state index is -0.0169. The maximum Gasteiger partial charge on any atom is 0.203 e. The van der Waals surface area contributed by atoms with Crippen LogP contribution in [0.4, 0.5) is 0 Å². The standard InChI is InChI=1S/C37H67N3O/c1-27-36(8)34(6)21-20-31(3)29(32(34,4)26-35(36,7)41-37(27)17-11-14-24-40-37)16-18-30(2)25-28(15-19-33(30,31)5)39-23-13-10-9-12-22-38/h27-29,39-40H,9-26,38H2,1-8H3/p+3/t27-,28?,29?,30-,31+,32+,33-,34-,35+,36-,37-/m0/s1. The lowest BCUT2D eigenvalue weighted by molar-refractivity contribution is -0.783. The second kappa shape index (κ2) is 9.92. The van der Waals surface area contributed by atoms with Crippen LogP contribution in [0.25, 0.3) is 0 Å². The summed E-state index contributed by atoms with van der Waals surface area (Å²) >= 11 is 0. The average molecular weight is 573 g/mol. The van der Waals surface area contributed by atoms with Crippen LogP contribution in [0.3, 0.4) is 0 Å². The van der Waals surface area contributed by atoms with Gasteiger partial charge in [-0.05, 0) is 123 Å². The predicted octanol–water partition coefficient (Wildman–Crippen LogP) is 5.42. The summed E-state index contributed by atoms with van der Waals surface area (Å²) in [5, 5.41) is 5.40. The van der Waals surface area contributed by atoms with Gasteiger partial charge in [0.05, 0.1) is 31.3 Å². The van der Waals surface area contributed by atoms with Crippen LogP contribution in [-0.4, -0.2) is 37.0 Å². The van der Waals surface area contributed by atoms with Crippen molar-refractivity contribution < 1.29 is 21.1 Å². The van der Waals surface area contributed by atoms with Gasteiger partial charge >= 0.3 is 0 Å². The van der Waals surface area contributed by atoms with Crippen molar-refractivity contribution in [1.29, 1.82) is 0 Å². The number of hydrogen-bond acceptors (Lipinski definition) is 1. The molecule has 41 heavy (non-hydrogen) atoms. The van der Waals surface area contributed by atoms with Crippen LogP contribution in [-0.2, 0) is 4.74 Å². The van der Waals surface area contributed by atoms with E-state index in [-0.39, 0.29) is 16.7 Å². The van der Waals surface area contributed by atoms with Gasteiger partial charge in [0.2, 0.25) is 5.72 Å². The Morgan fingerprint density at radius 2 is 1.56 bits per heavy atom. The van der Waals surface area contributed by atoms with Crippen LogP contribution < -0.4 is 16.4 Å². The maximum absolute atomic E-state index is 7.52. The van der Waals surface area contributed by atoms with E-state index in [1.54, 1.807) is 0 Å². The van der Waals surface area contributed by atoms with E-state index < -0.39 is 0 Å². The van der Waals surface area contributed by atoms with Gasteiger partial charge in [-0.25, -0.2) is 0 Å². The molecule has 7 N–H and O–H groups in total. The van der Waals surface area contributed by atoms with Gasteiger partial charge in [0, 0.05) is 24.2 Å². The van der Waals surface area contributed by atoms with Gasteiger partial charge in [0.25, 0.3) is 0 Å². The van der Waals surface area contributed by atoms with Crippen molar-refractivity contribution in [1.82, 2.24) is 0 Å². The summed E-state index contributed by atoms with van der Waals surface area (Å²) < 4.78 is 7.52. The summed E-state index contributed by atoms with van der Waals surface area (Å²) in [6, 6.07) is 0.839. The number of nitrogens with two attached hydrogens (primary N) is 2. The van der Waals surface area contributed by atoms with Crippen molar-refractivity contribution in [3.05, 3.63) is 0 Å². The van der Waals surface area contributed by atoms with Crippen LogP contribution in [0.5, 0.6) is 0 Å². The summed E-state index contributed by atoms with van der Waals surface area (Å²) in [5.41, 5.74) is 6.26. The van der Waals surface area contributed by atoms with E-state index >= 15 is 0 Å². The fraction of sp³-hybridized carbons (Fsp3) is 1.00. The lowest BCUT2D eigenvalue weighted by Crippen LogP contribution is -3.00. The lowest BCUT2D eigenvalue weighted by atomic mass is 9.31. The Bertz CT molecular complexity index is 995. The molecule has 0 aromatic heterocycles. The van der Waals surface area contributed by atoms with Crippen LogP contribution in [0.1, 0.15) is 152 Å². The summed E-state index contributed by atoms with van der Waals surface area (Å²) in [6.07, 6.45) is 20.7. The van der Waals surface area contributed by atoms with Gasteiger partial charge in [-0.2, -0.15) is 0 Å². The maximum atomic E-state index is 7.52. The molecular weight excluding hydrogens is 502 g/mol. The molecule has 4 heteroatoms. The van der Waals surface area contributed by atoms with Crippen molar-refractivity contribution in [2.75, 3.05) is 19.6 Å². The van der Waals surface area contributed by atoms with Gasteiger partial charge in [0.15, 0.2) is 0 Å². The molecule has 236 valence electrons. The average Bonchev–Trinajstić information content (AvgIpc) is 3.17. The molecule has 2 saturated heterocycles. The molecule has 1 spiro atoms. The molecule has 4 aliphatic carbocycles. The second-order valence-corrected chi connectivity index (χ2v) is 18.3. The molecular formula is C37H70N3O+3. The highest BCUT2D eigenvalue weighted by Crippen LogP contribution is 2.85. The zero-order chi connectivity index (χ0) is 29.6. The number of rotatable bonds is 7. The summed E-state index contributed by atoms with van der Waals surface area (Å²) in [5.74, 6) is 1.41. The highest BCUT2D eigenvalue weighted by molar-refractivity contribution is 5.30. The Hall–Kier alpha value is -0.160. The van der Waals surface area contributed by atoms with E-state index in [1.165, 1.54) is 109 Å². The van der Waals surface area contributed by atoms with Gasteiger partial charge in [-0.3, -0.25) is 0 Å². The molecule has 0 aromatic carbocycles. The van der Waals surface area contributed by atoms with Crippen molar-refractivity contribution >= 4 is 0 Å². The Balaban J connectivity index is 1.24. The molecule has 6 rings (SSSR count).